The van der Waals surface area contributed by atoms with Crippen molar-refractivity contribution in [2.24, 2.45) is 5.41 Å². The second kappa shape index (κ2) is 8.90. The molecular formula is C27H36N4O4. The summed E-state index contributed by atoms with van der Waals surface area (Å²) in [4.78, 5) is 37.0. The van der Waals surface area contributed by atoms with E-state index in [0.717, 1.165) is 41.9 Å². The zero-order chi connectivity index (χ0) is 25.6. The average Bonchev–Trinajstić information content (AvgIpc) is 3.19. The van der Waals surface area contributed by atoms with Gasteiger partial charge in [0.05, 0.1) is 17.0 Å². The summed E-state index contributed by atoms with van der Waals surface area (Å²) in [5.74, 6) is -1.13. The molecule has 0 aromatic carbocycles. The van der Waals surface area contributed by atoms with E-state index in [1.807, 2.05) is 32.9 Å². The van der Waals surface area contributed by atoms with Crippen molar-refractivity contribution < 1.29 is 19.4 Å². The number of carboxylic acid groups (broad SMARTS) is 1. The minimum Gasteiger partial charge on any atom is -0.479 e. The van der Waals surface area contributed by atoms with Crippen LogP contribution >= 0.6 is 0 Å². The van der Waals surface area contributed by atoms with Gasteiger partial charge >= 0.3 is 5.97 Å². The molecule has 35 heavy (non-hydrogen) atoms. The Morgan fingerprint density at radius 1 is 1.17 bits per heavy atom. The van der Waals surface area contributed by atoms with Crippen LogP contribution in [0.5, 0.6) is 0 Å². The fourth-order valence-electron chi connectivity index (χ4n) is 5.22. The van der Waals surface area contributed by atoms with E-state index in [4.69, 9.17) is 9.72 Å². The second-order valence-electron chi connectivity index (χ2n) is 11.6. The first-order chi connectivity index (χ1) is 16.3. The van der Waals surface area contributed by atoms with Crippen molar-refractivity contribution in [3.8, 4) is 0 Å². The number of anilines is 1. The number of rotatable bonds is 5. The number of amides is 1. The summed E-state index contributed by atoms with van der Waals surface area (Å²) in [6.45, 7) is 11.8. The fourth-order valence-corrected chi connectivity index (χ4v) is 5.22. The lowest BCUT2D eigenvalue weighted by Crippen LogP contribution is -2.51. The van der Waals surface area contributed by atoms with Gasteiger partial charge in [-0.15, -0.1) is 0 Å². The summed E-state index contributed by atoms with van der Waals surface area (Å²) in [5, 5.41) is 12.8. The molecule has 1 saturated heterocycles. The average molecular weight is 481 g/mol. The summed E-state index contributed by atoms with van der Waals surface area (Å²) in [7, 11) is 0. The molecule has 0 spiro atoms. The highest BCUT2D eigenvalue weighted by atomic mass is 16.5. The van der Waals surface area contributed by atoms with Gasteiger partial charge in [0.15, 0.2) is 11.4 Å². The Bertz CT molecular complexity index is 1180. The Kier molecular flexibility index (Phi) is 6.38. The van der Waals surface area contributed by atoms with Gasteiger partial charge in [-0.05, 0) is 82.9 Å². The van der Waals surface area contributed by atoms with Crippen molar-refractivity contribution in [2.45, 2.75) is 90.8 Å². The molecule has 1 aliphatic heterocycles. The maximum Gasteiger partial charge on any atom is 0.335 e. The van der Waals surface area contributed by atoms with Gasteiger partial charge in [0.25, 0.3) is 5.91 Å². The lowest BCUT2D eigenvalue weighted by atomic mass is 9.77. The van der Waals surface area contributed by atoms with E-state index in [1.54, 1.807) is 13.1 Å². The molecule has 1 amide bonds. The predicted molar refractivity (Wildman–Crippen MR) is 134 cm³/mol. The highest BCUT2D eigenvalue weighted by Gasteiger charge is 2.48. The van der Waals surface area contributed by atoms with Crippen LogP contribution in [0.2, 0.25) is 0 Å². The highest BCUT2D eigenvalue weighted by Crippen LogP contribution is 2.45. The molecule has 2 aliphatic rings. The van der Waals surface area contributed by atoms with Gasteiger partial charge in [-0.1, -0.05) is 19.9 Å². The van der Waals surface area contributed by atoms with E-state index >= 15 is 0 Å². The van der Waals surface area contributed by atoms with Crippen molar-refractivity contribution in [3.63, 3.8) is 0 Å². The van der Waals surface area contributed by atoms with Gasteiger partial charge in [-0.25, -0.2) is 9.78 Å². The first kappa shape index (κ1) is 25.1. The third-order valence-corrected chi connectivity index (χ3v) is 7.11. The van der Waals surface area contributed by atoms with Gasteiger partial charge in [-0.2, -0.15) is 0 Å². The van der Waals surface area contributed by atoms with Crippen molar-refractivity contribution in [3.05, 3.63) is 47.3 Å². The van der Waals surface area contributed by atoms with E-state index in [0.29, 0.717) is 18.5 Å². The largest absolute Gasteiger partial charge is 0.479 e. The zero-order valence-electron chi connectivity index (χ0n) is 21.5. The minimum absolute atomic E-state index is 0.0864. The maximum absolute atomic E-state index is 12.9. The van der Waals surface area contributed by atoms with Crippen molar-refractivity contribution in [1.29, 1.82) is 0 Å². The molecule has 1 fully saturated rings. The minimum atomic E-state index is -1.29. The number of hydrogen-bond acceptors (Lipinski definition) is 5. The first-order valence-corrected chi connectivity index (χ1v) is 12.2. The Labute approximate surface area is 206 Å². The Balaban J connectivity index is 1.72. The Morgan fingerprint density at radius 2 is 1.91 bits per heavy atom. The first-order valence-electron chi connectivity index (χ1n) is 12.2. The predicted octanol–water partition coefficient (Wildman–Crippen LogP) is 5.47. The fraction of sp³-hybridized carbons (Fsp3) is 0.556. The SMILES string of the molecule is Cc1cnc(C(=O)Nc2ccc([C@H]3CC(C)(C)O[C@](C)(C(=O)O)C3)nc2C2=CCC(C)(C)CC2)[nH]1. The molecular weight excluding hydrogens is 444 g/mol. The molecule has 1 aliphatic carbocycles. The smallest absolute Gasteiger partial charge is 0.335 e. The van der Waals surface area contributed by atoms with Crippen LogP contribution in [-0.4, -0.2) is 43.1 Å². The summed E-state index contributed by atoms with van der Waals surface area (Å²) in [6.07, 6.45) is 7.65. The van der Waals surface area contributed by atoms with Crippen LogP contribution < -0.4 is 5.32 Å². The molecule has 0 radical (unpaired) electrons. The number of carboxylic acids is 1. The molecule has 0 bridgehead atoms. The summed E-state index contributed by atoms with van der Waals surface area (Å²) in [6, 6.07) is 3.78. The number of carbonyl (C=O) groups excluding carboxylic acids is 1. The van der Waals surface area contributed by atoms with Crippen molar-refractivity contribution in [2.75, 3.05) is 5.32 Å². The van der Waals surface area contributed by atoms with Gasteiger partial charge in [-0.3, -0.25) is 9.78 Å². The number of nitrogens with zero attached hydrogens (tertiary/aromatic N) is 2. The molecule has 8 heteroatoms. The number of aromatic amines is 1. The van der Waals surface area contributed by atoms with Crippen LogP contribution in [0.25, 0.3) is 5.57 Å². The van der Waals surface area contributed by atoms with Crippen LogP contribution in [0.3, 0.4) is 0 Å². The molecule has 188 valence electrons. The number of pyridine rings is 1. The Hall–Kier alpha value is -3.00. The summed E-state index contributed by atoms with van der Waals surface area (Å²) < 4.78 is 5.97. The van der Waals surface area contributed by atoms with Gasteiger partial charge < -0.3 is 20.1 Å². The lowest BCUT2D eigenvalue weighted by molar-refractivity contribution is -0.200. The van der Waals surface area contributed by atoms with E-state index in [-0.39, 0.29) is 23.1 Å². The van der Waals surface area contributed by atoms with Gasteiger partial charge in [0.1, 0.15) is 0 Å². The van der Waals surface area contributed by atoms with Gasteiger partial charge in [0, 0.05) is 23.5 Å². The number of aliphatic carboxylic acids is 1. The van der Waals surface area contributed by atoms with Crippen LogP contribution in [0.4, 0.5) is 5.69 Å². The van der Waals surface area contributed by atoms with Gasteiger partial charge in [0.2, 0.25) is 0 Å². The summed E-state index contributed by atoms with van der Waals surface area (Å²) >= 11 is 0. The number of nitrogens with one attached hydrogen (secondary N) is 2. The molecule has 4 rings (SSSR count). The number of H-pyrrole nitrogens is 1. The lowest BCUT2D eigenvalue weighted by Gasteiger charge is -2.44. The molecule has 2 aromatic rings. The highest BCUT2D eigenvalue weighted by molar-refractivity contribution is 6.03. The van der Waals surface area contributed by atoms with Crippen molar-refractivity contribution in [1.82, 2.24) is 15.0 Å². The van der Waals surface area contributed by atoms with Crippen LogP contribution in [0, 0.1) is 12.3 Å². The molecule has 2 atom stereocenters. The molecule has 0 saturated carbocycles. The van der Waals surface area contributed by atoms with E-state index in [2.05, 4.69) is 35.2 Å². The monoisotopic (exact) mass is 480 g/mol. The van der Waals surface area contributed by atoms with Crippen molar-refractivity contribution >= 4 is 23.1 Å². The van der Waals surface area contributed by atoms with Crippen LogP contribution in [0.1, 0.15) is 100 Å². The number of hydrogen-bond donors (Lipinski definition) is 3. The standard InChI is InChI=1S/C27H36N4O4/c1-16-15-28-22(29-16)23(32)31-20-8-7-19(30-21(20)17-9-11-25(2,3)12-10-17)18-13-26(4,5)35-27(6,14-18)24(33)34/h7-9,15,18H,10-14H2,1-6H3,(H,28,29)(H,31,32)(H,33,34)/t18-,27-/m0/s1. The maximum atomic E-state index is 12.9. The second-order valence-corrected chi connectivity index (χ2v) is 11.6. The number of allylic oxidation sites excluding steroid dienone is 2. The number of aromatic nitrogens is 3. The van der Waals surface area contributed by atoms with E-state index in [9.17, 15) is 14.7 Å². The number of ether oxygens (including phenoxy) is 1. The quantitative estimate of drug-likeness (QED) is 0.522. The molecule has 3 heterocycles. The molecule has 2 aromatic heterocycles. The van der Waals surface area contributed by atoms with Crippen LogP contribution in [0.15, 0.2) is 24.4 Å². The van der Waals surface area contributed by atoms with E-state index in [1.165, 1.54) is 0 Å². The normalized spacial score (nSPS) is 25.5. The zero-order valence-corrected chi connectivity index (χ0v) is 21.5. The number of imidazole rings is 1. The van der Waals surface area contributed by atoms with Crippen LogP contribution in [-0.2, 0) is 9.53 Å². The third kappa shape index (κ3) is 5.48. The molecule has 3 N–H and O–H groups in total. The van der Waals surface area contributed by atoms with E-state index < -0.39 is 17.2 Å². The topological polar surface area (TPSA) is 117 Å². The molecule has 8 nitrogen and oxygen atoms in total. The Morgan fingerprint density at radius 3 is 2.51 bits per heavy atom. The number of aryl methyl sites for hydroxylation is 1. The third-order valence-electron chi connectivity index (χ3n) is 7.11. The molecule has 0 unspecified atom stereocenters. The summed E-state index contributed by atoms with van der Waals surface area (Å²) in [5.41, 5.74) is 2.45. The number of carbonyl (C=O) groups is 2.